The first-order valence-corrected chi connectivity index (χ1v) is 6.61. The number of hydrogen-bond donors (Lipinski definition) is 0. The standard InChI is InChI=1S/C14H26O2/c1-3-5-7-8-9-10-11-12-14(15)16-13-6-4-2/h10-11H,3-9,12-13H2,1-2H3. The van der Waals surface area contributed by atoms with Gasteiger partial charge < -0.3 is 4.74 Å². The molecule has 0 heterocycles. The lowest BCUT2D eigenvalue weighted by Gasteiger charge is -2.00. The molecule has 0 spiro atoms. The minimum absolute atomic E-state index is 0.0988. The van der Waals surface area contributed by atoms with Gasteiger partial charge in [0.15, 0.2) is 0 Å². The lowest BCUT2D eigenvalue weighted by atomic mass is 10.1. The predicted molar refractivity (Wildman–Crippen MR) is 68.4 cm³/mol. The first-order valence-electron chi connectivity index (χ1n) is 6.61. The Bertz CT molecular complexity index is 185. The maximum Gasteiger partial charge on any atom is 0.309 e. The minimum Gasteiger partial charge on any atom is -0.465 e. The lowest BCUT2D eigenvalue weighted by molar-refractivity contribution is -0.142. The van der Waals surface area contributed by atoms with E-state index in [2.05, 4.69) is 19.9 Å². The predicted octanol–water partition coefficient (Wildman–Crippen LogP) is 4.25. The van der Waals surface area contributed by atoms with Crippen molar-refractivity contribution in [1.82, 2.24) is 0 Å². The van der Waals surface area contributed by atoms with Crippen LogP contribution < -0.4 is 0 Å². The molecule has 0 N–H and O–H groups in total. The van der Waals surface area contributed by atoms with E-state index in [9.17, 15) is 4.79 Å². The first-order chi connectivity index (χ1) is 7.81. The zero-order valence-corrected chi connectivity index (χ0v) is 10.8. The van der Waals surface area contributed by atoms with Gasteiger partial charge in [-0.2, -0.15) is 0 Å². The van der Waals surface area contributed by atoms with E-state index in [-0.39, 0.29) is 5.97 Å². The van der Waals surface area contributed by atoms with Gasteiger partial charge in [0, 0.05) is 0 Å². The van der Waals surface area contributed by atoms with Gasteiger partial charge in [-0.3, -0.25) is 4.79 Å². The summed E-state index contributed by atoms with van der Waals surface area (Å²) in [4.78, 5) is 11.2. The Balaban J connectivity index is 3.27. The van der Waals surface area contributed by atoms with Crippen LogP contribution in [0.2, 0.25) is 0 Å². The molecule has 0 aliphatic carbocycles. The second-order valence-corrected chi connectivity index (χ2v) is 4.10. The molecule has 0 aliphatic rings. The van der Waals surface area contributed by atoms with Gasteiger partial charge in [0.1, 0.15) is 0 Å². The van der Waals surface area contributed by atoms with Crippen molar-refractivity contribution in [2.75, 3.05) is 6.61 Å². The van der Waals surface area contributed by atoms with Crippen LogP contribution in [0.4, 0.5) is 0 Å². The Hall–Kier alpha value is -0.790. The quantitative estimate of drug-likeness (QED) is 0.316. The van der Waals surface area contributed by atoms with Crippen molar-refractivity contribution in [3.8, 4) is 0 Å². The van der Waals surface area contributed by atoms with Crippen molar-refractivity contribution in [2.24, 2.45) is 0 Å². The summed E-state index contributed by atoms with van der Waals surface area (Å²) in [6.07, 6.45) is 12.7. The summed E-state index contributed by atoms with van der Waals surface area (Å²) >= 11 is 0. The highest BCUT2D eigenvalue weighted by Crippen LogP contribution is 2.03. The molecular formula is C14H26O2. The smallest absolute Gasteiger partial charge is 0.309 e. The molecule has 0 rings (SSSR count). The van der Waals surface area contributed by atoms with Crippen LogP contribution in [0.3, 0.4) is 0 Å². The van der Waals surface area contributed by atoms with Crippen molar-refractivity contribution < 1.29 is 9.53 Å². The molecule has 0 amide bonds. The van der Waals surface area contributed by atoms with Gasteiger partial charge in [0.25, 0.3) is 0 Å². The highest BCUT2D eigenvalue weighted by molar-refractivity contribution is 5.71. The molecule has 0 aromatic rings. The number of allylic oxidation sites excluding steroid dienone is 1. The largest absolute Gasteiger partial charge is 0.465 e. The van der Waals surface area contributed by atoms with Gasteiger partial charge in [-0.25, -0.2) is 0 Å². The third-order valence-corrected chi connectivity index (χ3v) is 2.44. The Kier molecular flexibility index (Phi) is 11.7. The number of hydrogen-bond acceptors (Lipinski definition) is 2. The van der Waals surface area contributed by atoms with E-state index in [0.29, 0.717) is 13.0 Å². The highest BCUT2D eigenvalue weighted by atomic mass is 16.5. The van der Waals surface area contributed by atoms with E-state index in [1.165, 1.54) is 25.7 Å². The van der Waals surface area contributed by atoms with Gasteiger partial charge in [0.2, 0.25) is 0 Å². The van der Waals surface area contributed by atoms with Gasteiger partial charge in [-0.05, 0) is 19.3 Å². The monoisotopic (exact) mass is 226 g/mol. The highest BCUT2D eigenvalue weighted by Gasteiger charge is 1.97. The molecule has 0 radical (unpaired) electrons. The third kappa shape index (κ3) is 11.3. The van der Waals surface area contributed by atoms with Crippen LogP contribution in [0, 0.1) is 0 Å². The van der Waals surface area contributed by atoms with E-state index in [4.69, 9.17) is 4.74 Å². The van der Waals surface area contributed by atoms with Crippen LogP contribution in [0.25, 0.3) is 0 Å². The van der Waals surface area contributed by atoms with Crippen LogP contribution in [0.15, 0.2) is 12.2 Å². The second kappa shape index (κ2) is 12.3. The Morgan fingerprint density at radius 1 is 1.00 bits per heavy atom. The molecule has 2 nitrogen and oxygen atoms in total. The minimum atomic E-state index is -0.0988. The number of carbonyl (C=O) groups excluding carboxylic acids is 1. The molecule has 94 valence electrons. The molecule has 0 saturated heterocycles. The summed E-state index contributed by atoms with van der Waals surface area (Å²) < 4.78 is 5.04. The van der Waals surface area contributed by atoms with Crippen LogP contribution in [0.1, 0.15) is 65.2 Å². The maximum atomic E-state index is 11.2. The van der Waals surface area contributed by atoms with Crippen LogP contribution in [-0.2, 0) is 9.53 Å². The van der Waals surface area contributed by atoms with Gasteiger partial charge in [-0.15, -0.1) is 0 Å². The molecule has 0 aromatic heterocycles. The number of carbonyl (C=O) groups is 1. The SMILES string of the molecule is CCCCCCC=CCC(=O)OCCCC. The fourth-order valence-electron chi connectivity index (χ4n) is 1.38. The normalized spacial score (nSPS) is 10.9. The molecule has 16 heavy (non-hydrogen) atoms. The zero-order chi connectivity index (χ0) is 12.1. The zero-order valence-electron chi connectivity index (χ0n) is 10.8. The van der Waals surface area contributed by atoms with E-state index >= 15 is 0 Å². The number of ether oxygens (including phenoxy) is 1. The topological polar surface area (TPSA) is 26.3 Å². The van der Waals surface area contributed by atoms with Gasteiger partial charge in [0.05, 0.1) is 13.0 Å². The molecule has 0 fully saturated rings. The summed E-state index contributed by atoms with van der Waals surface area (Å²) in [6.45, 7) is 4.87. The number of esters is 1. The number of rotatable bonds is 10. The summed E-state index contributed by atoms with van der Waals surface area (Å²) in [5.74, 6) is -0.0988. The molecule has 0 bridgehead atoms. The van der Waals surface area contributed by atoms with Gasteiger partial charge >= 0.3 is 5.97 Å². The van der Waals surface area contributed by atoms with Gasteiger partial charge in [-0.1, -0.05) is 51.7 Å². The van der Waals surface area contributed by atoms with Crippen molar-refractivity contribution in [3.63, 3.8) is 0 Å². The van der Waals surface area contributed by atoms with Crippen molar-refractivity contribution >= 4 is 5.97 Å². The van der Waals surface area contributed by atoms with E-state index in [1.54, 1.807) is 0 Å². The molecule has 0 aromatic carbocycles. The van der Waals surface area contributed by atoms with E-state index in [0.717, 1.165) is 19.3 Å². The molecule has 2 heteroatoms. The average Bonchev–Trinajstić information content (AvgIpc) is 2.28. The van der Waals surface area contributed by atoms with Crippen LogP contribution in [-0.4, -0.2) is 12.6 Å². The Labute approximate surface area is 100 Å². The molecule has 0 aliphatic heterocycles. The fraction of sp³-hybridized carbons (Fsp3) is 0.786. The van der Waals surface area contributed by atoms with E-state index < -0.39 is 0 Å². The van der Waals surface area contributed by atoms with Crippen molar-refractivity contribution in [2.45, 2.75) is 65.2 Å². The van der Waals surface area contributed by atoms with Crippen molar-refractivity contribution in [3.05, 3.63) is 12.2 Å². The molecule has 0 atom stereocenters. The fourth-order valence-corrected chi connectivity index (χ4v) is 1.38. The maximum absolute atomic E-state index is 11.2. The molecule has 0 saturated carbocycles. The first kappa shape index (κ1) is 15.2. The third-order valence-electron chi connectivity index (χ3n) is 2.44. The Morgan fingerprint density at radius 2 is 1.75 bits per heavy atom. The second-order valence-electron chi connectivity index (χ2n) is 4.10. The summed E-state index contributed by atoms with van der Waals surface area (Å²) in [7, 11) is 0. The number of unbranched alkanes of at least 4 members (excludes halogenated alkanes) is 5. The Morgan fingerprint density at radius 3 is 2.44 bits per heavy atom. The molecule has 0 unspecified atom stereocenters. The van der Waals surface area contributed by atoms with Crippen molar-refractivity contribution in [1.29, 1.82) is 0 Å². The summed E-state index contributed by atoms with van der Waals surface area (Å²) in [5.41, 5.74) is 0. The summed E-state index contributed by atoms with van der Waals surface area (Å²) in [6, 6.07) is 0. The van der Waals surface area contributed by atoms with Crippen LogP contribution >= 0.6 is 0 Å². The van der Waals surface area contributed by atoms with E-state index in [1.807, 2.05) is 6.08 Å². The summed E-state index contributed by atoms with van der Waals surface area (Å²) in [5, 5.41) is 0. The lowest BCUT2D eigenvalue weighted by Crippen LogP contribution is -2.03. The van der Waals surface area contributed by atoms with Crippen LogP contribution in [0.5, 0.6) is 0 Å². The average molecular weight is 226 g/mol. The molecular weight excluding hydrogens is 200 g/mol.